The van der Waals surface area contributed by atoms with Crippen LogP contribution in [-0.4, -0.2) is 47.8 Å². The van der Waals surface area contributed by atoms with Gasteiger partial charge in [0.05, 0.1) is 6.10 Å². The van der Waals surface area contributed by atoms with E-state index in [4.69, 9.17) is 0 Å². The molecular formula is C20H31N3O2. The van der Waals surface area contributed by atoms with E-state index in [-0.39, 0.29) is 18.2 Å². The summed E-state index contributed by atoms with van der Waals surface area (Å²) >= 11 is 0. The molecule has 1 saturated carbocycles. The molecule has 0 spiro atoms. The summed E-state index contributed by atoms with van der Waals surface area (Å²) in [5.74, 6) is 1.25. The second-order valence-corrected chi connectivity index (χ2v) is 7.68. The Labute approximate surface area is 150 Å². The Bertz CT molecular complexity index is 549. The fourth-order valence-electron chi connectivity index (χ4n) is 4.33. The number of hydrogen-bond acceptors (Lipinski definition) is 3. The number of urea groups is 1. The van der Waals surface area contributed by atoms with Gasteiger partial charge in [0, 0.05) is 32.2 Å². The molecule has 0 aromatic heterocycles. The fourth-order valence-corrected chi connectivity index (χ4v) is 4.33. The highest BCUT2D eigenvalue weighted by molar-refractivity contribution is 5.74. The minimum Gasteiger partial charge on any atom is -0.393 e. The molecule has 1 aliphatic heterocycles. The highest BCUT2D eigenvalue weighted by Gasteiger charge is 2.40. The Balaban J connectivity index is 1.50. The van der Waals surface area contributed by atoms with Crippen molar-refractivity contribution in [3.63, 3.8) is 0 Å². The van der Waals surface area contributed by atoms with Gasteiger partial charge in [-0.3, -0.25) is 4.90 Å². The topological polar surface area (TPSA) is 64.6 Å². The maximum absolute atomic E-state index is 12.1. The zero-order valence-corrected chi connectivity index (χ0v) is 15.2. The van der Waals surface area contributed by atoms with Crippen LogP contribution in [-0.2, 0) is 6.54 Å². The Hall–Kier alpha value is -1.59. The maximum Gasteiger partial charge on any atom is 0.315 e. The quantitative estimate of drug-likeness (QED) is 0.742. The number of rotatable bonds is 6. The van der Waals surface area contributed by atoms with Gasteiger partial charge >= 0.3 is 6.03 Å². The van der Waals surface area contributed by atoms with Gasteiger partial charge in [0.1, 0.15) is 0 Å². The molecule has 4 atom stereocenters. The molecule has 1 aromatic carbocycles. The van der Waals surface area contributed by atoms with Gasteiger partial charge in [-0.2, -0.15) is 0 Å². The van der Waals surface area contributed by atoms with Crippen LogP contribution >= 0.6 is 0 Å². The van der Waals surface area contributed by atoms with Crippen LogP contribution in [0.4, 0.5) is 4.79 Å². The number of nitrogens with one attached hydrogen (secondary N) is 2. The third-order valence-corrected chi connectivity index (χ3v) is 5.59. The van der Waals surface area contributed by atoms with Gasteiger partial charge in [-0.1, -0.05) is 36.8 Å². The third kappa shape index (κ3) is 5.19. The number of likely N-dealkylation sites (tertiary alicyclic amines) is 1. The summed E-state index contributed by atoms with van der Waals surface area (Å²) in [6.45, 7) is 5.47. The van der Waals surface area contributed by atoms with E-state index >= 15 is 0 Å². The van der Waals surface area contributed by atoms with Crippen LogP contribution in [0.3, 0.4) is 0 Å². The smallest absolute Gasteiger partial charge is 0.315 e. The van der Waals surface area contributed by atoms with Gasteiger partial charge in [0.15, 0.2) is 0 Å². The molecule has 2 fully saturated rings. The lowest BCUT2D eigenvalue weighted by atomic mass is 9.78. The summed E-state index contributed by atoms with van der Waals surface area (Å²) in [5, 5.41) is 15.3. The molecule has 5 nitrogen and oxygen atoms in total. The molecule has 1 saturated heterocycles. The number of aliphatic hydroxyl groups excluding tert-OH is 1. The summed E-state index contributed by atoms with van der Waals surface area (Å²) in [6.07, 6.45) is 3.76. The Morgan fingerprint density at radius 3 is 2.84 bits per heavy atom. The van der Waals surface area contributed by atoms with Crippen LogP contribution in [0.25, 0.3) is 0 Å². The number of benzene rings is 1. The first-order valence-corrected chi connectivity index (χ1v) is 9.60. The van der Waals surface area contributed by atoms with E-state index < -0.39 is 0 Å². The van der Waals surface area contributed by atoms with E-state index in [2.05, 4.69) is 45.9 Å². The van der Waals surface area contributed by atoms with Crippen LogP contribution in [0.15, 0.2) is 30.3 Å². The van der Waals surface area contributed by atoms with Crippen LogP contribution < -0.4 is 10.6 Å². The molecule has 0 radical (unpaired) electrons. The number of hydrogen-bond donors (Lipinski definition) is 3. The minimum atomic E-state index is -0.374. The Kier molecular flexibility index (Phi) is 6.32. The molecular weight excluding hydrogens is 314 g/mol. The molecule has 0 bridgehead atoms. The predicted molar refractivity (Wildman–Crippen MR) is 99.2 cm³/mol. The number of amides is 2. The summed E-state index contributed by atoms with van der Waals surface area (Å²) in [4.78, 5) is 14.7. The molecule has 5 heteroatoms. The number of carbonyl (C=O) groups is 1. The second kappa shape index (κ2) is 8.68. The number of nitrogens with zero attached hydrogens (tertiary/aromatic N) is 1. The van der Waals surface area contributed by atoms with Crippen molar-refractivity contribution in [3.05, 3.63) is 35.9 Å². The Morgan fingerprint density at radius 2 is 2.08 bits per heavy atom. The van der Waals surface area contributed by atoms with Crippen LogP contribution in [0.5, 0.6) is 0 Å². The van der Waals surface area contributed by atoms with Gasteiger partial charge in [0.2, 0.25) is 0 Å². The molecule has 2 amide bonds. The summed E-state index contributed by atoms with van der Waals surface area (Å²) in [7, 11) is 0. The molecule has 3 rings (SSSR count). The van der Waals surface area contributed by atoms with Crippen LogP contribution in [0.2, 0.25) is 0 Å². The average molecular weight is 345 g/mol. The summed E-state index contributed by atoms with van der Waals surface area (Å²) in [6, 6.07) is 10.8. The molecule has 3 N–H and O–H groups in total. The van der Waals surface area contributed by atoms with Crippen molar-refractivity contribution in [2.45, 2.75) is 51.3 Å². The zero-order valence-electron chi connectivity index (χ0n) is 15.2. The molecule has 0 unspecified atom stereocenters. The number of aliphatic hydroxyl groups is 1. The van der Waals surface area contributed by atoms with E-state index in [1.807, 2.05) is 0 Å². The van der Waals surface area contributed by atoms with Crippen molar-refractivity contribution >= 4 is 6.03 Å². The SMILES string of the molecule is C[C@H](O)CCNC(=O)N[C@@H]1CCC[C@@H]2CN(Cc3ccccc3)C[C@@H]21. The van der Waals surface area contributed by atoms with E-state index in [1.54, 1.807) is 6.92 Å². The fraction of sp³-hybridized carbons (Fsp3) is 0.650. The zero-order chi connectivity index (χ0) is 17.6. The molecule has 1 aromatic rings. The van der Waals surface area contributed by atoms with Crippen molar-refractivity contribution in [3.8, 4) is 0 Å². The summed E-state index contributed by atoms with van der Waals surface area (Å²) in [5.41, 5.74) is 1.36. The standard InChI is InChI=1S/C20H31N3O2/c1-15(24)10-11-21-20(25)22-19-9-5-8-17-13-23(14-18(17)19)12-16-6-3-2-4-7-16/h2-4,6-7,15,17-19,24H,5,8-14H2,1H3,(H2,21,22,25)/t15-,17+,18-,19+/m0/s1. The van der Waals surface area contributed by atoms with Gasteiger partial charge in [-0.05, 0) is 43.6 Å². The minimum absolute atomic E-state index is 0.0900. The highest BCUT2D eigenvalue weighted by atomic mass is 16.3. The predicted octanol–water partition coefficient (Wildman–Crippen LogP) is 2.36. The van der Waals surface area contributed by atoms with E-state index in [0.717, 1.165) is 26.1 Å². The Morgan fingerprint density at radius 1 is 1.28 bits per heavy atom. The second-order valence-electron chi connectivity index (χ2n) is 7.68. The van der Waals surface area contributed by atoms with E-state index in [0.29, 0.717) is 24.8 Å². The molecule has 138 valence electrons. The van der Waals surface area contributed by atoms with Crippen molar-refractivity contribution in [2.75, 3.05) is 19.6 Å². The number of fused-ring (bicyclic) bond motifs is 1. The van der Waals surface area contributed by atoms with E-state index in [1.165, 1.54) is 18.4 Å². The first-order chi connectivity index (χ1) is 12.1. The largest absolute Gasteiger partial charge is 0.393 e. The normalized spacial score (nSPS) is 27.5. The first-order valence-electron chi connectivity index (χ1n) is 9.60. The van der Waals surface area contributed by atoms with Crippen molar-refractivity contribution < 1.29 is 9.90 Å². The summed E-state index contributed by atoms with van der Waals surface area (Å²) < 4.78 is 0. The van der Waals surface area contributed by atoms with Crippen molar-refractivity contribution in [1.29, 1.82) is 0 Å². The number of carbonyl (C=O) groups excluding carboxylic acids is 1. The first kappa shape index (κ1) is 18.2. The lowest BCUT2D eigenvalue weighted by Crippen LogP contribution is -2.49. The van der Waals surface area contributed by atoms with Gasteiger partial charge in [-0.25, -0.2) is 4.79 Å². The highest BCUT2D eigenvalue weighted by Crippen LogP contribution is 2.36. The lowest BCUT2D eigenvalue weighted by molar-refractivity contribution is 0.180. The lowest BCUT2D eigenvalue weighted by Gasteiger charge is -2.33. The van der Waals surface area contributed by atoms with E-state index in [9.17, 15) is 9.90 Å². The van der Waals surface area contributed by atoms with Crippen molar-refractivity contribution in [1.82, 2.24) is 15.5 Å². The average Bonchev–Trinajstić information content (AvgIpc) is 2.99. The third-order valence-electron chi connectivity index (χ3n) is 5.59. The monoisotopic (exact) mass is 345 g/mol. The molecule has 1 heterocycles. The van der Waals surface area contributed by atoms with Gasteiger partial charge in [-0.15, -0.1) is 0 Å². The van der Waals surface area contributed by atoms with Gasteiger partial charge in [0.25, 0.3) is 0 Å². The van der Waals surface area contributed by atoms with Gasteiger partial charge < -0.3 is 15.7 Å². The van der Waals surface area contributed by atoms with Crippen LogP contribution in [0.1, 0.15) is 38.2 Å². The molecule has 1 aliphatic carbocycles. The molecule has 25 heavy (non-hydrogen) atoms. The van der Waals surface area contributed by atoms with Crippen molar-refractivity contribution in [2.24, 2.45) is 11.8 Å². The van der Waals surface area contributed by atoms with Crippen LogP contribution in [0, 0.1) is 11.8 Å². The maximum atomic E-state index is 12.1. The molecule has 2 aliphatic rings.